The predicted octanol–water partition coefficient (Wildman–Crippen LogP) is 3.79. The van der Waals surface area contributed by atoms with Crippen molar-refractivity contribution in [2.45, 2.75) is 54.8 Å². The van der Waals surface area contributed by atoms with E-state index in [1.54, 1.807) is 28.8 Å². The molecule has 3 aromatic rings. The summed E-state index contributed by atoms with van der Waals surface area (Å²) in [7, 11) is -3.60. The van der Waals surface area contributed by atoms with Crippen LogP contribution in [0.4, 0.5) is 5.69 Å². The van der Waals surface area contributed by atoms with Gasteiger partial charge in [0.1, 0.15) is 11.6 Å². The molecule has 1 aromatic heterocycles. The number of aryl methyl sites for hydroxylation is 1. The highest BCUT2D eigenvalue weighted by molar-refractivity contribution is 8.00. The lowest BCUT2D eigenvalue weighted by Crippen LogP contribution is -2.25. The zero-order chi connectivity index (χ0) is 24.9. The van der Waals surface area contributed by atoms with E-state index in [1.165, 1.54) is 36.0 Å². The van der Waals surface area contributed by atoms with E-state index < -0.39 is 21.1 Å². The van der Waals surface area contributed by atoms with Crippen molar-refractivity contribution in [1.82, 2.24) is 14.8 Å². The number of aromatic nitrogens is 3. The number of hydrogen-bond donors (Lipinski definition) is 2. The molecule has 1 heterocycles. The van der Waals surface area contributed by atoms with E-state index >= 15 is 0 Å². The van der Waals surface area contributed by atoms with Crippen molar-refractivity contribution < 1.29 is 23.1 Å². The molecule has 180 valence electrons. The molecular formula is C23H26N4O5S2. The fraction of sp³-hybridized carbons (Fsp3) is 0.304. The molecule has 9 nitrogen and oxygen atoms in total. The third-order valence-electron chi connectivity index (χ3n) is 5.12. The third kappa shape index (κ3) is 6.03. The summed E-state index contributed by atoms with van der Waals surface area (Å²) in [6.07, 6.45) is 0.497. The van der Waals surface area contributed by atoms with Gasteiger partial charge in [0.2, 0.25) is 5.91 Å². The quantitative estimate of drug-likeness (QED) is 0.400. The number of nitrogens with zero attached hydrogens (tertiary/aromatic N) is 3. The van der Waals surface area contributed by atoms with Gasteiger partial charge in [-0.1, -0.05) is 36.4 Å². The first-order valence-electron chi connectivity index (χ1n) is 10.7. The number of carboxylic acid groups (broad SMARTS) is 1. The number of carbonyl (C=O) groups is 2. The average Bonchev–Trinajstić information content (AvgIpc) is 3.18. The monoisotopic (exact) mass is 502 g/mol. The number of benzene rings is 2. The molecule has 0 bridgehead atoms. The van der Waals surface area contributed by atoms with Gasteiger partial charge in [-0.25, -0.2) is 13.2 Å². The minimum atomic E-state index is -3.60. The van der Waals surface area contributed by atoms with E-state index in [2.05, 4.69) is 15.5 Å². The Bertz CT molecular complexity index is 1270. The molecule has 0 fully saturated rings. The normalized spacial score (nSPS) is 12.3. The first-order chi connectivity index (χ1) is 16.1. The number of carbonyl (C=O) groups excluding carboxylic acids is 1. The Balaban J connectivity index is 1.74. The van der Waals surface area contributed by atoms with Crippen molar-refractivity contribution in [1.29, 1.82) is 0 Å². The number of hydrogen-bond acceptors (Lipinski definition) is 7. The molecule has 1 unspecified atom stereocenters. The summed E-state index contributed by atoms with van der Waals surface area (Å²) < 4.78 is 27.4. The van der Waals surface area contributed by atoms with Crippen LogP contribution in [-0.4, -0.2) is 45.4 Å². The Hall–Kier alpha value is -3.18. The molecular weight excluding hydrogens is 476 g/mol. The highest BCUT2D eigenvalue weighted by Gasteiger charge is 2.25. The summed E-state index contributed by atoms with van der Waals surface area (Å²) >= 11 is 1.21. The Morgan fingerprint density at radius 1 is 1.06 bits per heavy atom. The van der Waals surface area contributed by atoms with E-state index in [9.17, 15) is 18.0 Å². The van der Waals surface area contributed by atoms with E-state index in [0.717, 1.165) is 5.56 Å². The SMILES string of the molecule is CCC(Sc1nnc(CS(=O)(=O)c2ccc(C)cc2)n1CC)C(=O)Nc1ccc(C(=O)O)cc1. The van der Waals surface area contributed by atoms with Crippen molar-refractivity contribution >= 4 is 39.2 Å². The number of rotatable bonds is 10. The van der Waals surface area contributed by atoms with Crippen LogP contribution in [0.15, 0.2) is 58.6 Å². The molecule has 2 N–H and O–H groups in total. The van der Waals surface area contributed by atoms with Gasteiger partial charge in [-0.05, 0) is 56.7 Å². The summed E-state index contributed by atoms with van der Waals surface area (Å²) in [5.41, 5.74) is 1.58. The second-order valence-electron chi connectivity index (χ2n) is 7.60. The standard InChI is InChI=1S/C23H26N4O5S2/c1-4-19(21(28)24-17-10-8-16(9-11-17)22(29)30)33-23-26-25-20(27(23)5-2)14-34(31,32)18-12-6-15(3)7-13-18/h6-13,19H,4-5,14H2,1-3H3,(H,24,28)(H,29,30). The molecule has 0 saturated heterocycles. The van der Waals surface area contributed by atoms with Gasteiger partial charge >= 0.3 is 5.97 Å². The molecule has 0 aliphatic heterocycles. The molecule has 11 heteroatoms. The fourth-order valence-corrected chi connectivity index (χ4v) is 5.51. The number of aromatic carboxylic acids is 1. The predicted molar refractivity (Wildman–Crippen MR) is 130 cm³/mol. The zero-order valence-electron chi connectivity index (χ0n) is 19.1. The van der Waals surface area contributed by atoms with Crippen molar-refractivity contribution in [3.63, 3.8) is 0 Å². The molecule has 0 radical (unpaired) electrons. The Morgan fingerprint density at radius 2 is 1.71 bits per heavy atom. The number of amides is 1. The van der Waals surface area contributed by atoms with Crippen molar-refractivity contribution in [3.05, 3.63) is 65.5 Å². The minimum Gasteiger partial charge on any atom is -0.478 e. The van der Waals surface area contributed by atoms with Crippen molar-refractivity contribution in [2.24, 2.45) is 0 Å². The van der Waals surface area contributed by atoms with Crippen LogP contribution in [0.1, 0.15) is 42.0 Å². The lowest BCUT2D eigenvalue weighted by atomic mass is 10.2. The summed E-state index contributed by atoms with van der Waals surface area (Å²) in [6, 6.07) is 12.5. The molecule has 1 amide bonds. The van der Waals surface area contributed by atoms with Gasteiger partial charge in [-0.3, -0.25) is 4.79 Å². The maximum absolute atomic E-state index is 12.9. The molecule has 0 spiro atoms. The molecule has 0 saturated carbocycles. The van der Waals surface area contributed by atoms with E-state index in [0.29, 0.717) is 29.6 Å². The molecule has 0 aliphatic rings. The number of thioether (sulfide) groups is 1. The average molecular weight is 503 g/mol. The van der Waals surface area contributed by atoms with Gasteiger partial charge in [-0.15, -0.1) is 10.2 Å². The molecule has 3 rings (SSSR count). The fourth-order valence-electron chi connectivity index (χ4n) is 3.20. The van der Waals surface area contributed by atoms with Gasteiger partial charge in [0.05, 0.1) is 15.7 Å². The lowest BCUT2D eigenvalue weighted by molar-refractivity contribution is -0.115. The Kier molecular flexibility index (Phi) is 8.11. The first kappa shape index (κ1) is 25.4. The maximum atomic E-state index is 12.9. The van der Waals surface area contributed by atoms with Crippen LogP contribution in [0.25, 0.3) is 0 Å². The lowest BCUT2D eigenvalue weighted by Gasteiger charge is -2.15. The van der Waals surface area contributed by atoms with Crippen LogP contribution in [0, 0.1) is 6.92 Å². The van der Waals surface area contributed by atoms with E-state index in [-0.39, 0.29) is 22.1 Å². The molecule has 2 aromatic carbocycles. The number of carboxylic acids is 1. The maximum Gasteiger partial charge on any atom is 0.335 e. The Morgan fingerprint density at radius 3 is 2.26 bits per heavy atom. The number of sulfone groups is 1. The second-order valence-corrected chi connectivity index (χ2v) is 10.8. The van der Waals surface area contributed by atoms with Gasteiger partial charge in [0.25, 0.3) is 0 Å². The summed E-state index contributed by atoms with van der Waals surface area (Å²) in [5, 5.41) is 20.0. The Labute approximate surface area is 202 Å². The third-order valence-corrected chi connectivity index (χ3v) is 8.09. The van der Waals surface area contributed by atoms with Gasteiger partial charge in [0.15, 0.2) is 15.0 Å². The van der Waals surface area contributed by atoms with Gasteiger partial charge in [0, 0.05) is 12.2 Å². The number of anilines is 1. The summed E-state index contributed by atoms with van der Waals surface area (Å²) in [4.78, 5) is 24.0. The molecule has 1 atom stereocenters. The smallest absolute Gasteiger partial charge is 0.335 e. The van der Waals surface area contributed by atoms with Crippen molar-refractivity contribution in [3.8, 4) is 0 Å². The summed E-state index contributed by atoms with van der Waals surface area (Å²) in [6.45, 7) is 6.06. The highest BCUT2D eigenvalue weighted by atomic mass is 32.2. The second kappa shape index (κ2) is 10.8. The molecule has 34 heavy (non-hydrogen) atoms. The topological polar surface area (TPSA) is 131 Å². The highest BCUT2D eigenvalue weighted by Crippen LogP contribution is 2.27. The van der Waals surface area contributed by atoms with Crippen molar-refractivity contribution in [2.75, 3.05) is 5.32 Å². The minimum absolute atomic E-state index is 0.128. The van der Waals surface area contributed by atoms with E-state index in [4.69, 9.17) is 5.11 Å². The van der Waals surface area contributed by atoms with Gasteiger partial charge < -0.3 is 15.0 Å². The van der Waals surface area contributed by atoms with Crippen LogP contribution in [-0.2, 0) is 26.9 Å². The summed E-state index contributed by atoms with van der Waals surface area (Å²) in [5.74, 6) is -1.30. The van der Waals surface area contributed by atoms with E-state index in [1.807, 2.05) is 20.8 Å². The molecule has 0 aliphatic carbocycles. The van der Waals surface area contributed by atoms with Crippen LogP contribution >= 0.6 is 11.8 Å². The first-order valence-corrected chi connectivity index (χ1v) is 13.2. The van der Waals surface area contributed by atoms with Gasteiger partial charge in [-0.2, -0.15) is 0 Å². The van der Waals surface area contributed by atoms with Crippen LogP contribution in [0.2, 0.25) is 0 Å². The van der Waals surface area contributed by atoms with Crippen LogP contribution in [0.3, 0.4) is 0 Å². The van der Waals surface area contributed by atoms with Crippen LogP contribution in [0.5, 0.6) is 0 Å². The largest absolute Gasteiger partial charge is 0.478 e. The number of nitrogens with one attached hydrogen (secondary N) is 1. The zero-order valence-corrected chi connectivity index (χ0v) is 20.7. The van der Waals surface area contributed by atoms with Crippen LogP contribution < -0.4 is 5.32 Å².